The van der Waals surface area contributed by atoms with Crippen molar-refractivity contribution in [3.63, 3.8) is 0 Å². The Kier molecular flexibility index (Phi) is 20.4. The van der Waals surface area contributed by atoms with Crippen LogP contribution in [0.3, 0.4) is 0 Å². The number of aliphatic hydroxyl groups is 12. The number of ketones is 1. The Morgan fingerprint density at radius 1 is 0.631 bits per heavy atom. The molecule has 5 aliphatic heterocycles. The predicted molar refractivity (Wildman–Crippen MR) is 284 cm³/mol. The maximum Gasteiger partial charge on any atom is 0.397 e. The summed E-state index contributed by atoms with van der Waals surface area (Å²) >= 11 is 0. The Hall–Kier alpha value is -1.60. The highest BCUT2D eigenvalue weighted by molar-refractivity contribution is 7.80. The molecule has 8 fully saturated rings. The normalized spacial score (nSPS) is 51.7. The standard InChI is InChI=1S/C56H92O27S/c1-21(2)16-26(57)19-56(9,69)34-11-10-29-28-18-33(31-17-27(83-84(70,71)72)12-14-54(31,7)30(28)13-15-55(29,34)8)78-51-44(68)46(37(61)24(5)76-51)80-53-48(82-50-42(66)40(64)36(60)23(4)75-50)43(67)45(25(6)77-53)79-52-47(38(62)32(58)20-73-52)81-49-41(65)39(63)35(59)22(3)74-49/h13,21-25,27-29,31-53,58-69H,10-12,14-20H2,1-9H3,(H,70,71,72). The largest absolute Gasteiger partial charge is 0.397 e. The van der Waals surface area contributed by atoms with Crippen molar-refractivity contribution in [3.05, 3.63) is 11.6 Å². The SMILES string of the molecule is CC(C)CC(=O)CC(C)(O)C1CCC2C3CC(OC4OC(C)C(O)C(OC5OC(C)C(OC6OCC(O)C(O)C6OC6OC(C)C(O)C(O)C6O)C(O)C5OC5OC(C)C(O)C(O)C5O)C4O)C4CC(OS(=O)(=O)O)CCC4(C)C3=CCC21C. The van der Waals surface area contributed by atoms with E-state index in [1.165, 1.54) is 27.7 Å². The van der Waals surface area contributed by atoms with Crippen molar-refractivity contribution in [1.82, 2.24) is 0 Å². The lowest BCUT2D eigenvalue weighted by atomic mass is 9.47. The van der Waals surface area contributed by atoms with Gasteiger partial charge in [-0.15, -0.1) is 0 Å². The third-order valence-corrected chi connectivity index (χ3v) is 20.7. The summed E-state index contributed by atoms with van der Waals surface area (Å²) in [5.41, 5.74) is -1.22. The number of carbonyl (C=O) groups is 1. The van der Waals surface area contributed by atoms with Crippen LogP contribution >= 0.6 is 0 Å². The van der Waals surface area contributed by atoms with Gasteiger partial charge >= 0.3 is 10.4 Å². The summed E-state index contributed by atoms with van der Waals surface area (Å²) in [6.07, 6.45) is -35.4. The summed E-state index contributed by atoms with van der Waals surface area (Å²) in [6, 6.07) is 0. The molecule has 5 saturated heterocycles. The van der Waals surface area contributed by atoms with E-state index in [2.05, 4.69) is 19.9 Å². The van der Waals surface area contributed by atoms with Gasteiger partial charge in [0.1, 0.15) is 97.3 Å². The average molecular weight is 1230 g/mol. The molecule has 4 aliphatic carbocycles. The number of carbonyl (C=O) groups excluding carboxylic acids is 1. The van der Waals surface area contributed by atoms with E-state index in [0.717, 1.165) is 12.0 Å². The van der Waals surface area contributed by atoms with Crippen molar-refractivity contribution in [2.75, 3.05) is 6.61 Å². The van der Waals surface area contributed by atoms with Gasteiger partial charge in [-0.25, -0.2) is 4.18 Å². The average Bonchev–Trinajstić information content (AvgIpc) is 1.35. The van der Waals surface area contributed by atoms with Crippen LogP contribution in [0, 0.1) is 40.4 Å². The number of aliphatic hydroxyl groups excluding tert-OH is 11. The zero-order valence-electron chi connectivity index (χ0n) is 49.0. The fourth-order valence-electron chi connectivity index (χ4n) is 15.8. The molecule has 9 rings (SSSR count). The molecule has 0 aromatic rings. The van der Waals surface area contributed by atoms with Crippen LogP contribution in [0.15, 0.2) is 11.6 Å². The van der Waals surface area contributed by atoms with E-state index in [1.54, 1.807) is 6.92 Å². The molecule has 484 valence electrons. The summed E-state index contributed by atoms with van der Waals surface area (Å²) in [5.74, 6) is -0.745. The van der Waals surface area contributed by atoms with Gasteiger partial charge in [-0.05, 0) is 120 Å². The third-order valence-electron chi connectivity index (χ3n) is 20.2. The Balaban J connectivity index is 0.985. The molecule has 3 saturated carbocycles. The van der Waals surface area contributed by atoms with Gasteiger partial charge in [0.15, 0.2) is 31.5 Å². The highest BCUT2D eigenvalue weighted by Gasteiger charge is 2.64. The molecule has 33 unspecified atom stereocenters. The highest BCUT2D eigenvalue weighted by atomic mass is 32.3. The zero-order chi connectivity index (χ0) is 61.6. The molecule has 0 spiro atoms. The van der Waals surface area contributed by atoms with Crippen LogP contribution in [0.25, 0.3) is 0 Å². The molecule has 33 atom stereocenters. The van der Waals surface area contributed by atoms with E-state index in [4.69, 9.17) is 51.6 Å². The summed E-state index contributed by atoms with van der Waals surface area (Å²) in [6.45, 7) is 15.1. The number of hydrogen-bond acceptors (Lipinski definition) is 26. The molecule has 0 bridgehead atoms. The van der Waals surface area contributed by atoms with E-state index in [-0.39, 0.29) is 48.7 Å². The van der Waals surface area contributed by atoms with Crippen LogP contribution in [0.2, 0.25) is 0 Å². The van der Waals surface area contributed by atoms with E-state index in [9.17, 15) is 79.0 Å². The molecule has 0 aromatic heterocycles. The second-order valence-electron chi connectivity index (χ2n) is 26.7. The van der Waals surface area contributed by atoms with Crippen molar-refractivity contribution in [2.24, 2.45) is 40.4 Å². The Morgan fingerprint density at radius 2 is 1.17 bits per heavy atom. The molecule has 0 aromatic carbocycles. The van der Waals surface area contributed by atoms with Crippen LogP contribution in [-0.2, 0) is 66.7 Å². The van der Waals surface area contributed by atoms with Crippen molar-refractivity contribution in [1.29, 1.82) is 0 Å². The number of Topliss-reactive ketones (excluding diaryl/α,β-unsaturated/α-hetero) is 1. The van der Waals surface area contributed by atoms with Crippen molar-refractivity contribution in [2.45, 2.75) is 285 Å². The van der Waals surface area contributed by atoms with Crippen LogP contribution in [0.5, 0.6) is 0 Å². The van der Waals surface area contributed by atoms with Gasteiger partial charge < -0.3 is 109 Å². The smallest absolute Gasteiger partial charge is 0.389 e. The molecular formula is C56H92O27S. The molecular weight excluding hydrogens is 1140 g/mol. The topological polar surface area (TPSA) is 416 Å². The molecule has 13 N–H and O–H groups in total. The number of rotatable bonds is 17. The van der Waals surface area contributed by atoms with E-state index in [1.807, 2.05) is 13.8 Å². The van der Waals surface area contributed by atoms with E-state index >= 15 is 0 Å². The minimum atomic E-state index is -4.88. The number of allylic oxidation sites excluding steroid dienone is 2. The molecule has 0 amide bonds. The summed E-state index contributed by atoms with van der Waals surface area (Å²) in [4.78, 5) is 13.2. The van der Waals surface area contributed by atoms with Gasteiger partial charge in [0.2, 0.25) is 0 Å². The maximum atomic E-state index is 13.2. The van der Waals surface area contributed by atoms with Crippen molar-refractivity contribution < 1.29 is 131 Å². The molecule has 5 heterocycles. The lowest BCUT2D eigenvalue weighted by molar-refractivity contribution is -0.402. The second kappa shape index (κ2) is 25.6. The van der Waals surface area contributed by atoms with Gasteiger partial charge in [0.25, 0.3) is 0 Å². The first-order valence-corrected chi connectivity index (χ1v) is 31.1. The van der Waals surface area contributed by atoms with Gasteiger partial charge in [0.05, 0.1) is 48.8 Å². The number of fused-ring (bicyclic) bond motifs is 5. The third kappa shape index (κ3) is 13.1. The predicted octanol–water partition coefficient (Wildman–Crippen LogP) is -1.65. The minimum absolute atomic E-state index is 0.00545. The fourth-order valence-corrected chi connectivity index (χ4v) is 16.3. The quantitative estimate of drug-likeness (QED) is 0.0573. The monoisotopic (exact) mass is 1230 g/mol. The van der Waals surface area contributed by atoms with Gasteiger partial charge in [-0.1, -0.05) is 39.3 Å². The lowest BCUT2D eigenvalue weighted by Gasteiger charge is -2.60. The molecule has 0 radical (unpaired) electrons. The number of hydrogen-bond donors (Lipinski definition) is 13. The van der Waals surface area contributed by atoms with Gasteiger partial charge in [0, 0.05) is 12.8 Å². The van der Waals surface area contributed by atoms with Crippen molar-refractivity contribution in [3.8, 4) is 0 Å². The fraction of sp³-hybridized carbons (Fsp3) is 0.946. The van der Waals surface area contributed by atoms with E-state index in [0.29, 0.717) is 32.1 Å². The Labute approximate surface area is 489 Å². The Morgan fingerprint density at radius 3 is 1.75 bits per heavy atom. The van der Waals surface area contributed by atoms with Gasteiger partial charge in [-0.2, -0.15) is 8.42 Å². The summed E-state index contributed by atoms with van der Waals surface area (Å²) in [7, 11) is -4.88. The molecule has 9 aliphatic rings. The zero-order valence-corrected chi connectivity index (χ0v) is 49.8. The summed E-state index contributed by atoms with van der Waals surface area (Å²) in [5, 5.41) is 135. The first kappa shape index (κ1) is 66.8. The van der Waals surface area contributed by atoms with Crippen LogP contribution in [0.1, 0.15) is 120 Å². The number of ether oxygens (including phenoxy) is 10. The maximum absolute atomic E-state index is 13.2. The van der Waals surface area contributed by atoms with E-state index < -0.39 is 199 Å². The molecule has 84 heavy (non-hydrogen) atoms. The minimum Gasteiger partial charge on any atom is -0.389 e. The first-order chi connectivity index (χ1) is 39.1. The Bertz CT molecular complexity index is 2400. The molecule has 27 nitrogen and oxygen atoms in total. The van der Waals surface area contributed by atoms with Gasteiger partial charge in [-0.3, -0.25) is 9.35 Å². The van der Waals surface area contributed by atoms with Crippen LogP contribution in [-0.4, -0.2) is 252 Å². The first-order valence-electron chi connectivity index (χ1n) is 29.7. The van der Waals surface area contributed by atoms with Crippen LogP contribution < -0.4 is 0 Å². The highest BCUT2D eigenvalue weighted by Crippen LogP contribution is 2.67. The second-order valence-corrected chi connectivity index (χ2v) is 27.7. The lowest BCUT2D eigenvalue weighted by Crippen LogP contribution is -2.67. The van der Waals surface area contributed by atoms with Crippen molar-refractivity contribution >= 4 is 16.2 Å². The summed E-state index contributed by atoms with van der Waals surface area (Å²) < 4.78 is 101. The molecule has 28 heteroatoms. The van der Waals surface area contributed by atoms with Crippen LogP contribution in [0.4, 0.5) is 0 Å².